The van der Waals surface area contributed by atoms with Crippen LogP contribution in [-0.4, -0.2) is 15.3 Å². The predicted molar refractivity (Wildman–Crippen MR) is 80.7 cm³/mol. The van der Waals surface area contributed by atoms with Crippen molar-refractivity contribution in [2.75, 3.05) is 0 Å². The Morgan fingerprint density at radius 3 is 2.60 bits per heavy atom. The zero-order valence-electron chi connectivity index (χ0n) is 11.2. The Hall–Kier alpha value is -2.68. The summed E-state index contributed by atoms with van der Waals surface area (Å²) in [5, 5.41) is 0. The highest BCUT2D eigenvalue weighted by Gasteiger charge is 2.18. The largest absolute Gasteiger partial charge is 0.324 e. The molecule has 0 atom stereocenters. The molecule has 0 radical (unpaired) electrons. The highest BCUT2D eigenvalue weighted by molar-refractivity contribution is 6.10. The van der Waals surface area contributed by atoms with E-state index in [1.165, 1.54) is 0 Å². The Balaban J connectivity index is 2.18. The van der Waals surface area contributed by atoms with Crippen LogP contribution in [0.25, 0.3) is 17.1 Å². The van der Waals surface area contributed by atoms with Gasteiger partial charge in [0.05, 0.1) is 11.0 Å². The molecule has 0 N–H and O–H groups in total. The number of rotatable bonds is 3. The molecule has 0 saturated carbocycles. The van der Waals surface area contributed by atoms with Gasteiger partial charge in [0.2, 0.25) is 5.78 Å². The Bertz CT molecular complexity index is 815. The lowest BCUT2D eigenvalue weighted by atomic mass is 10.0. The molecular weight excluding hydrogens is 248 g/mol. The van der Waals surface area contributed by atoms with Crippen molar-refractivity contribution >= 4 is 22.9 Å². The molecule has 2 aromatic carbocycles. The van der Waals surface area contributed by atoms with Crippen LogP contribution in [0.2, 0.25) is 0 Å². The minimum absolute atomic E-state index is 0.0841. The van der Waals surface area contributed by atoms with Crippen LogP contribution in [0.3, 0.4) is 0 Å². The molecule has 3 rings (SSSR count). The van der Waals surface area contributed by atoms with E-state index in [0.717, 1.165) is 16.6 Å². The second kappa shape index (κ2) is 4.78. The molecule has 3 heteroatoms. The molecule has 0 aliphatic heterocycles. The van der Waals surface area contributed by atoms with Gasteiger partial charge in [0.25, 0.3) is 0 Å². The number of imidazole rings is 1. The number of carbonyl (C=O) groups excluding carboxylic acids is 1. The summed E-state index contributed by atoms with van der Waals surface area (Å²) in [6.45, 7) is 3.75. The quantitative estimate of drug-likeness (QED) is 0.678. The van der Waals surface area contributed by atoms with E-state index in [4.69, 9.17) is 0 Å². The van der Waals surface area contributed by atoms with E-state index < -0.39 is 0 Å². The smallest absolute Gasteiger partial charge is 0.229 e. The number of hydrogen-bond donors (Lipinski definition) is 0. The summed E-state index contributed by atoms with van der Waals surface area (Å²) < 4.78 is 1.83. The fourth-order valence-corrected chi connectivity index (χ4v) is 2.35. The number of aryl methyl sites for hydroxylation is 1. The molecule has 20 heavy (non-hydrogen) atoms. The molecule has 0 fully saturated rings. The van der Waals surface area contributed by atoms with Gasteiger partial charge in [0.1, 0.15) is 0 Å². The average molecular weight is 262 g/mol. The summed E-state index contributed by atoms with van der Waals surface area (Å²) >= 11 is 0. The molecule has 1 heterocycles. The fourth-order valence-electron chi connectivity index (χ4n) is 2.35. The minimum atomic E-state index is -0.0841. The summed E-state index contributed by atoms with van der Waals surface area (Å²) in [6, 6.07) is 15.1. The van der Waals surface area contributed by atoms with Crippen LogP contribution in [0.1, 0.15) is 21.7 Å². The molecule has 0 amide bonds. The first kappa shape index (κ1) is 12.4. The van der Waals surface area contributed by atoms with Crippen molar-refractivity contribution in [2.24, 2.45) is 7.05 Å². The van der Waals surface area contributed by atoms with Gasteiger partial charge in [-0.2, -0.15) is 0 Å². The van der Waals surface area contributed by atoms with Crippen LogP contribution in [0.15, 0.2) is 55.1 Å². The van der Waals surface area contributed by atoms with Crippen LogP contribution in [-0.2, 0) is 7.05 Å². The average Bonchev–Trinajstić information content (AvgIpc) is 2.84. The summed E-state index contributed by atoms with van der Waals surface area (Å²) in [5.74, 6) is 0.361. The number of ketones is 1. The lowest BCUT2D eigenvalue weighted by molar-refractivity contribution is 0.102. The zero-order valence-corrected chi connectivity index (χ0v) is 11.2. The molecule has 0 aliphatic carbocycles. The molecule has 3 aromatic rings. The van der Waals surface area contributed by atoms with E-state index >= 15 is 0 Å². The SMILES string of the molecule is C=Cc1ccccc1C(=O)c1nc2ccccc2n1C. The maximum atomic E-state index is 12.7. The van der Waals surface area contributed by atoms with Crippen molar-refractivity contribution in [2.45, 2.75) is 0 Å². The van der Waals surface area contributed by atoms with Crippen molar-refractivity contribution < 1.29 is 4.79 Å². The maximum absolute atomic E-state index is 12.7. The van der Waals surface area contributed by atoms with Gasteiger partial charge < -0.3 is 4.57 Å². The van der Waals surface area contributed by atoms with Gasteiger partial charge in [0, 0.05) is 12.6 Å². The molecule has 0 aliphatic rings. The molecular formula is C17H14N2O. The van der Waals surface area contributed by atoms with Gasteiger partial charge in [-0.15, -0.1) is 0 Å². The van der Waals surface area contributed by atoms with Gasteiger partial charge >= 0.3 is 0 Å². The van der Waals surface area contributed by atoms with Gasteiger partial charge in [-0.3, -0.25) is 4.79 Å². The van der Waals surface area contributed by atoms with E-state index in [9.17, 15) is 4.79 Å². The Morgan fingerprint density at radius 2 is 1.85 bits per heavy atom. The fraction of sp³-hybridized carbons (Fsp3) is 0.0588. The number of aromatic nitrogens is 2. The van der Waals surface area contributed by atoms with Crippen molar-refractivity contribution in [3.63, 3.8) is 0 Å². The Labute approximate surface area is 117 Å². The molecule has 0 saturated heterocycles. The van der Waals surface area contributed by atoms with Crippen molar-refractivity contribution in [3.8, 4) is 0 Å². The van der Waals surface area contributed by atoms with Crippen molar-refractivity contribution in [1.82, 2.24) is 9.55 Å². The normalized spacial score (nSPS) is 10.7. The number of benzene rings is 2. The number of carbonyl (C=O) groups is 1. The number of hydrogen-bond acceptors (Lipinski definition) is 2. The van der Waals surface area contributed by atoms with Gasteiger partial charge in [0.15, 0.2) is 5.82 Å². The van der Waals surface area contributed by atoms with E-state index in [0.29, 0.717) is 11.4 Å². The van der Waals surface area contributed by atoms with Crippen LogP contribution in [0.5, 0.6) is 0 Å². The summed E-state index contributed by atoms with van der Waals surface area (Å²) in [4.78, 5) is 17.1. The highest BCUT2D eigenvalue weighted by Crippen LogP contribution is 2.19. The Morgan fingerprint density at radius 1 is 1.15 bits per heavy atom. The van der Waals surface area contributed by atoms with Crippen LogP contribution < -0.4 is 0 Å². The van der Waals surface area contributed by atoms with E-state index in [1.54, 1.807) is 12.1 Å². The van der Waals surface area contributed by atoms with Gasteiger partial charge in [-0.1, -0.05) is 49.1 Å². The van der Waals surface area contributed by atoms with Crippen molar-refractivity contribution in [3.05, 3.63) is 72.1 Å². The first-order chi connectivity index (χ1) is 9.72. The van der Waals surface area contributed by atoms with Crippen molar-refractivity contribution in [1.29, 1.82) is 0 Å². The molecule has 98 valence electrons. The number of fused-ring (bicyclic) bond motifs is 1. The summed E-state index contributed by atoms with van der Waals surface area (Å²) in [6.07, 6.45) is 1.69. The molecule has 0 spiro atoms. The number of para-hydroxylation sites is 2. The van der Waals surface area contributed by atoms with Crippen LogP contribution in [0.4, 0.5) is 0 Å². The summed E-state index contributed by atoms with van der Waals surface area (Å²) in [7, 11) is 1.86. The summed E-state index contributed by atoms with van der Waals surface area (Å²) in [5.41, 5.74) is 3.23. The van der Waals surface area contributed by atoms with Gasteiger partial charge in [-0.05, 0) is 17.7 Å². The maximum Gasteiger partial charge on any atom is 0.229 e. The third-order valence-corrected chi connectivity index (χ3v) is 3.42. The zero-order chi connectivity index (χ0) is 14.1. The molecule has 0 bridgehead atoms. The second-order valence-corrected chi connectivity index (χ2v) is 4.60. The van der Waals surface area contributed by atoms with Gasteiger partial charge in [-0.25, -0.2) is 4.98 Å². The first-order valence-electron chi connectivity index (χ1n) is 6.40. The third-order valence-electron chi connectivity index (χ3n) is 3.42. The van der Waals surface area contributed by atoms with Crippen LogP contribution in [0, 0.1) is 0 Å². The predicted octanol–water partition coefficient (Wildman–Crippen LogP) is 3.45. The minimum Gasteiger partial charge on any atom is -0.324 e. The number of nitrogens with zero attached hydrogens (tertiary/aromatic N) is 2. The molecule has 0 unspecified atom stereocenters. The Kier molecular flexibility index (Phi) is 2.95. The van der Waals surface area contributed by atoms with Crippen LogP contribution >= 0.6 is 0 Å². The topological polar surface area (TPSA) is 34.9 Å². The standard InChI is InChI=1S/C17H14N2O/c1-3-12-8-4-5-9-13(12)16(20)17-18-14-10-6-7-11-15(14)19(17)2/h3-11H,1H2,2H3. The van der Waals surface area contributed by atoms with E-state index in [-0.39, 0.29) is 5.78 Å². The van der Waals surface area contributed by atoms with E-state index in [1.807, 2.05) is 54.1 Å². The lowest BCUT2D eigenvalue weighted by Crippen LogP contribution is -2.10. The third kappa shape index (κ3) is 1.84. The first-order valence-corrected chi connectivity index (χ1v) is 6.40. The second-order valence-electron chi connectivity index (χ2n) is 4.60. The van der Waals surface area contributed by atoms with E-state index in [2.05, 4.69) is 11.6 Å². The lowest BCUT2D eigenvalue weighted by Gasteiger charge is -2.05. The molecule has 1 aromatic heterocycles. The molecule has 3 nitrogen and oxygen atoms in total. The monoisotopic (exact) mass is 262 g/mol. The highest BCUT2D eigenvalue weighted by atomic mass is 16.1.